The highest BCUT2D eigenvalue weighted by Crippen LogP contribution is 2.28. The van der Waals surface area contributed by atoms with Gasteiger partial charge in [-0.1, -0.05) is 6.92 Å². The molecule has 27 heavy (non-hydrogen) atoms. The standard InChI is InChI=1S/C20H23N5O2/c1-3-14-11-21-8-9-25(14)20(27)16-10-17(13-4-6-15(26)7-5-13)22-19-18(16)12(2)23-24-19/h4-7,10,14,21,26H,3,8-9,11H2,1-2H3,(H,22,23,24). The number of piperazine rings is 1. The minimum absolute atomic E-state index is 0.0141. The molecule has 1 fully saturated rings. The Hall–Kier alpha value is -2.93. The van der Waals surface area contributed by atoms with Crippen molar-refractivity contribution in [2.45, 2.75) is 26.3 Å². The molecule has 0 radical (unpaired) electrons. The van der Waals surface area contributed by atoms with Gasteiger partial charge in [0, 0.05) is 36.9 Å². The molecular formula is C20H23N5O2. The van der Waals surface area contributed by atoms with Crippen molar-refractivity contribution in [3.05, 3.63) is 41.6 Å². The molecule has 4 rings (SSSR count). The van der Waals surface area contributed by atoms with E-state index >= 15 is 0 Å². The highest BCUT2D eigenvalue weighted by molar-refractivity contribution is 6.07. The number of pyridine rings is 1. The number of nitrogens with zero attached hydrogens (tertiary/aromatic N) is 3. The first kappa shape index (κ1) is 17.5. The average molecular weight is 365 g/mol. The number of fused-ring (bicyclic) bond motifs is 1. The fraction of sp³-hybridized carbons (Fsp3) is 0.350. The van der Waals surface area contributed by atoms with E-state index in [2.05, 4.69) is 27.4 Å². The van der Waals surface area contributed by atoms with Gasteiger partial charge < -0.3 is 15.3 Å². The Labute approximate surface area is 157 Å². The van der Waals surface area contributed by atoms with E-state index in [1.54, 1.807) is 24.3 Å². The second-order valence-corrected chi connectivity index (χ2v) is 6.91. The van der Waals surface area contributed by atoms with Gasteiger partial charge in [0.25, 0.3) is 5.91 Å². The van der Waals surface area contributed by atoms with Crippen molar-refractivity contribution in [2.75, 3.05) is 19.6 Å². The number of aromatic hydroxyl groups is 1. The molecule has 3 N–H and O–H groups in total. The van der Waals surface area contributed by atoms with Crippen LogP contribution in [0.4, 0.5) is 0 Å². The minimum Gasteiger partial charge on any atom is -0.508 e. The number of rotatable bonds is 3. The topological polar surface area (TPSA) is 94.1 Å². The van der Waals surface area contributed by atoms with Gasteiger partial charge in [0.2, 0.25) is 0 Å². The summed E-state index contributed by atoms with van der Waals surface area (Å²) in [6, 6.07) is 8.82. The van der Waals surface area contributed by atoms with E-state index in [1.807, 2.05) is 17.9 Å². The molecule has 1 aromatic carbocycles. The fourth-order valence-electron chi connectivity index (χ4n) is 3.67. The SMILES string of the molecule is CCC1CNCCN1C(=O)c1cc(-c2ccc(O)cc2)nc2n[nH]c(C)c12. The molecule has 3 heterocycles. The minimum atomic E-state index is 0.0141. The van der Waals surface area contributed by atoms with Crippen LogP contribution in [0, 0.1) is 6.92 Å². The number of phenolic OH excluding ortho intramolecular Hbond substituents is 1. The second kappa shape index (κ2) is 7.00. The molecule has 1 unspecified atom stereocenters. The third-order valence-corrected chi connectivity index (χ3v) is 5.18. The molecule has 1 saturated heterocycles. The normalized spacial score (nSPS) is 17.4. The van der Waals surface area contributed by atoms with E-state index in [0.717, 1.165) is 36.2 Å². The van der Waals surface area contributed by atoms with E-state index < -0.39 is 0 Å². The zero-order chi connectivity index (χ0) is 19.0. The summed E-state index contributed by atoms with van der Waals surface area (Å²) in [6.45, 7) is 6.30. The molecular weight excluding hydrogens is 342 g/mol. The largest absolute Gasteiger partial charge is 0.508 e. The van der Waals surface area contributed by atoms with Crippen LogP contribution in [0.3, 0.4) is 0 Å². The highest BCUT2D eigenvalue weighted by atomic mass is 16.3. The van der Waals surface area contributed by atoms with Gasteiger partial charge in [-0.2, -0.15) is 5.10 Å². The predicted octanol–water partition coefficient (Wildman–Crippen LogP) is 2.46. The van der Waals surface area contributed by atoms with E-state index in [-0.39, 0.29) is 17.7 Å². The van der Waals surface area contributed by atoms with Crippen LogP contribution in [-0.4, -0.2) is 56.8 Å². The number of aromatic amines is 1. The predicted molar refractivity (Wildman–Crippen MR) is 104 cm³/mol. The van der Waals surface area contributed by atoms with E-state index in [4.69, 9.17) is 0 Å². The third kappa shape index (κ3) is 3.14. The lowest BCUT2D eigenvalue weighted by molar-refractivity contribution is 0.0633. The Morgan fingerprint density at radius 3 is 2.85 bits per heavy atom. The summed E-state index contributed by atoms with van der Waals surface area (Å²) in [5.41, 5.74) is 3.48. The number of benzene rings is 1. The fourth-order valence-corrected chi connectivity index (χ4v) is 3.67. The number of carbonyl (C=O) groups excluding carboxylic acids is 1. The molecule has 140 valence electrons. The summed E-state index contributed by atoms with van der Waals surface area (Å²) in [4.78, 5) is 20.0. The van der Waals surface area contributed by atoms with Crippen molar-refractivity contribution in [3.63, 3.8) is 0 Å². The zero-order valence-corrected chi connectivity index (χ0v) is 15.5. The van der Waals surface area contributed by atoms with E-state index in [1.165, 1.54) is 0 Å². The lowest BCUT2D eigenvalue weighted by Gasteiger charge is -2.36. The van der Waals surface area contributed by atoms with Crippen LogP contribution in [0.15, 0.2) is 30.3 Å². The van der Waals surface area contributed by atoms with Gasteiger partial charge >= 0.3 is 0 Å². The number of aromatic nitrogens is 3. The van der Waals surface area contributed by atoms with Crippen molar-refractivity contribution in [1.82, 2.24) is 25.4 Å². The Bertz CT molecular complexity index is 980. The Morgan fingerprint density at radius 2 is 2.11 bits per heavy atom. The van der Waals surface area contributed by atoms with Gasteiger partial charge in [-0.3, -0.25) is 9.89 Å². The van der Waals surface area contributed by atoms with E-state index in [9.17, 15) is 9.90 Å². The summed E-state index contributed by atoms with van der Waals surface area (Å²) in [6.07, 6.45) is 0.905. The quantitative estimate of drug-likeness (QED) is 0.663. The lowest BCUT2D eigenvalue weighted by atomic mass is 10.0. The van der Waals surface area contributed by atoms with Crippen LogP contribution in [0.5, 0.6) is 5.75 Å². The van der Waals surface area contributed by atoms with Crippen LogP contribution in [0.1, 0.15) is 29.4 Å². The van der Waals surface area contributed by atoms with Gasteiger partial charge in [0.1, 0.15) is 5.75 Å². The molecule has 1 aliphatic heterocycles. The number of phenols is 1. The number of aryl methyl sites for hydroxylation is 1. The van der Waals surface area contributed by atoms with Crippen LogP contribution in [0.25, 0.3) is 22.3 Å². The highest BCUT2D eigenvalue weighted by Gasteiger charge is 2.28. The van der Waals surface area contributed by atoms with Crippen molar-refractivity contribution in [1.29, 1.82) is 0 Å². The van der Waals surface area contributed by atoms with Crippen LogP contribution >= 0.6 is 0 Å². The van der Waals surface area contributed by atoms with Crippen molar-refractivity contribution >= 4 is 16.9 Å². The molecule has 1 amide bonds. The summed E-state index contributed by atoms with van der Waals surface area (Å²) in [7, 11) is 0. The molecule has 7 nitrogen and oxygen atoms in total. The summed E-state index contributed by atoms with van der Waals surface area (Å²) < 4.78 is 0. The molecule has 2 aromatic heterocycles. The number of H-pyrrole nitrogens is 1. The van der Waals surface area contributed by atoms with Gasteiger partial charge in [0.05, 0.1) is 16.6 Å². The van der Waals surface area contributed by atoms with Crippen LogP contribution in [-0.2, 0) is 0 Å². The van der Waals surface area contributed by atoms with Crippen molar-refractivity contribution in [3.8, 4) is 17.0 Å². The first-order chi connectivity index (χ1) is 13.1. The molecule has 0 spiro atoms. The number of hydrogen-bond acceptors (Lipinski definition) is 5. The molecule has 1 atom stereocenters. The third-order valence-electron chi connectivity index (χ3n) is 5.18. The number of amides is 1. The first-order valence-corrected chi connectivity index (χ1v) is 9.25. The summed E-state index contributed by atoms with van der Waals surface area (Å²) in [5.74, 6) is 0.207. The Kier molecular flexibility index (Phi) is 4.53. The second-order valence-electron chi connectivity index (χ2n) is 6.91. The maximum absolute atomic E-state index is 13.5. The monoisotopic (exact) mass is 365 g/mol. The summed E-state index contributed by atoms with van der Waals surface area (Å²) in [5, 5.41) is 20.9. The number of hydrogen-bond donors (Lipinski definition) is 3. The van der Waals surface area contributed by atoms with Gasteiger partial charge in [-0.05, 0) is 43.7 Å². The molecule has 3 aromatic rings. The van der Waals surface area contributed by atoms with Crippen molar-refractivity contribution < 1.29 is 9.90 Å². The lowest BCUT2D eigenvalue weighted by Crippen LogP contribution is -2.53. The Morgan fingerprint density at radius 1 is 1.33 bits per heavy atom. The molecule has 0 bridgehead atoms. The molecule has 0 saturated carbocycles. The summed E-state index contributed by atoms with van der Waals surface area (Å²) >= 11 is 0. The average Bonchev–Trinajstić information content (AvgIpc) is 3.08. The van der Waals surface area contributed by atoms with E-state index in [0.29, 0.717) is 23.4 Å². The number of nitrogens with one attached hydrogen (secondary N) is 2. The maximum atomic E-state index is 13.5. The molecule has 0 aliphatic carbocycles. The molecule has 1 aliphatic rings. The maximum Gasteiger partial charge on any atom is 0.255 e. The smallest absolute Gasteiger partial charge is 0.255 e. The van der Waals surface area contributed by atoms with Gasteiger partial charge in [-0.25, -0.2) is 4.98 Å². The van der Waals surface area contributed by atoms with Crippen molar-refractivity contribution in [2.24, 2.45) is 0 Å². The van der Waals surface area contributed by atoms with Crippen LogP contribution in [0.2, 0.25) is 0 Å². The first-order valence-electron chi connectivity index (χ1n) is 9.25. The van der Waals surface area contributed by atoms with Crippen LogP contribution < -0.4 is 5.32 Å². The van der Waals surface area contributed by atoms with Gasteiger partial charge in [-0.15, -0.1) is 0 Å². The zero-order valence-electron chi connectivity index (χ0n) is 15.5. The Balaban J connectivity index is 1.84. The van der Waals surface area contributed by atoms with Gasteiger partial charge in [0.15, 0.2) is 5.65 Å². The number of carbonyl (C=O) groups is 1. The molecule has 7 heteroatoms.